The highest BCUT2D eigenvalue weighted by molar-refractivity contribution is 5.98. The van der Waals surface area contributed by atoms with Gasteiger partial charge in [-0.1, -0.05) is 67.1 Å². The predicted molar refractivity (Wildman–Crippen MR) is 176 cm³/mol. The van der Waals surface area contributed by atoms with Gasteiger partial charge in [0.2, 0.25) is 23.6 Å². The number of aldehydes is 1. The fraction of sp³-hybridized carbons (Fsp3) is 0.528. The second kappa shape index (κ2) is 16.1. The summed E-state index contributed by atoms with van der Waals surface area (Å²) in [6.45, 7) is 2.41. The molecule has 2 saturated carbocycles. The summed E-state index contributed by atoms with van der Waals surface area (Å²) in [5, 5.41) is 11.5. The standard InChI is InChI=1S/C36H47N5O6/c42-21-18-37-32(44)29(14-12-27-8-3-1-4-9-27)39-34(46)36(25-35(26-36)16-7-17-35)40-33(45)30(15-13-28-10-5-2-6-11-28)38-31(43)24-41-19-22-47-23-20-41/h1-6,8-11,21,29-30H,7,12-20,22-26H2,(H,37,44)(H,38,43)(H,39,46)(H,40,45)/t29-,30-/m0/s1. The van der Waals surface area contributed by atoms with Gasteiger partial charge in [0.25, 0.3) is 0 Å². The van der Waals surface area contributed by atoms with E-state index in [9.17, 15) is 24.0 Å². The monoisotopic (exact) mass is 645 g/mol. The van der Waals surface area contributed by atoms with Crippen LogP contribution in [0.4, 0.5) is 0 Å². The summed E-state index contributed by atoms with van der Waals surface area (Å²) in [6, 6.07) is 17.7. The third-order valence-electron chi connectivity index (χ3n) is 9.80. The Kier molecular flexibility index (Phi) is 11.8. The average Bonchev–Trinajstić information content (AvgIpc) is 3.05. The number of hydrogen-bond donors (Lipinski definition) is 4. The first kappa shape index (κ1) is 34.3. The predicted octanol–water partition coefficient (Wildman–Crippen LogP) is 1.69. The lowest BCUT2D eigenvalue weighted by molar-refractivity contribution is -0.153. The van der Waals surface area contributed by atoms with Gasteiger partial charge in [-0.05, 0) is 67.9 Å². The molecule has 0 unspecified atom stereocenters. The van der Waals surface area contributed by atoms with E-state index < -0.39 is 35.3 Å². The van der Waals surface area contributed by atoms with E-state index in [2.05, 4.69) is 21.3 Å². The van der Waals surface area contributed by atoms with Crippen molar-refractivity contribution in [2.24, 2.45) is 5.41 Å². The van der Waals surface area contributed by atoms with Crippen LogP contribution in [0, 0.1) is 5.41 Å². The normalized spacial score (nSPS) is 19.2. The van der Waals surface area contributed by atoms with E-state index in [-0.39, 0.29) is 24.4 Å². The molecule has 1 heterocycles. The van der Waals surface area contributed by atoms with E-state index in [1.807, 2.05) is 65.6 Å². The van der Waals surface area contributed by atoms with Gasteiger partial charge in [0, 0.05) is 13.1 Å². The van der Waals surface area contributed by atoms with E-state index in [1.54, 1.807) is 0 Å². The van der Waals surface area contributed by atoms with E-state index in [0.29, 0.717) is 71.1 Å². The van der Waals surface area contributed by atoms with Crippen molar-refractivity contribution in [1.82, 2.24) is 26.2 Å². The zero-order valence-electron chi connectivity index (χ0n) is 27.0. The molecule has 0 radical (unpaired) electrons. The van der Waals surface area contributed by atoms with Crippen molar-refractivity contribution < 1.29 is 28.7 Å². The number of nitrogens with one attached hydrogen (secondary N) is 4. The average molecular weight is 646 g/mol. The largest absolute Gasteiger partial charge is 0.379 e. The van der Waals surface area contributed by atoms with Gasteiger partial charge in [-0.3, -0.25) is 24.1 Å². The van der Waals surface area contributed by atoms with Gasteiger partial charge in [-0.25, -0.2) is 0 Å². The summed E-state index contributed by atoms with van der Waals surface area (Å²) in [5.41, 5.74) is 0.861. The van der Waals surface area contributed by atoms with Crippen molar-refractivity contribution in [2.75, 3.05) is 39.4 Å². The molecule has 1 spiro atoms. The molecule has 2 atom stereocenters. The smallest absolute Gasteiger partial charge is 0.246 e. The molecule has 4 amide bonds. The van der Waals surface area contributed by atoms with Crippen molar-refractivity contribution in [3.63, 3.8) is 0 Å². The van der Waals surface area contributed by atoms with Gasteiger partial charge in [-0.15, -0.1) is 0 Å². The second-order valence-electron chi connectivity index (χ2n) is 13.3. The summed E-state index contributed by atoms with van der Waals surface area (Å²) in [4.78, 5) is 67.4. The summed E-state index contributed by atoms with van der Waals surface area (Å²) in [6.07, 6.45) is 6.42. The van der Waals surface area contributed by atoms with E-state index in [4.69, 9.17) is 4.74 Å². The molecule has 47 heavy (non-hydrogen) atoms. The van der Waals surface area contributed by atoms with Crippen LogP contribution in [0.1, 0.15) is 56.1 Å². The third-order valence-corrected chi connectivity index (χ3v) is 9.80. The molecule has 11 heteroatoms. The number of hydrogen-bond acceptors (Lipinski definition) is 7. The first-order valence-corrected chi connectivity index (χ1v) is 16.8. The van der Waals surface area contributed by atoms with Crippen LogP contribution in [0.25, 0.3) is 0 Å². The quantitative estimate of drug-likeness (QED) is 0.203. The molecule has 2 aliphatic carbocycles. The molecule has 2 aromatic carbocycles. The minimum absolute atomic E-state index is 0.00302. The first-order chi connectivity index (χ1) is 22.8. The Labute approximate surface area is 276 Å². The minimum Gasteiger partial charge on any atom is -0.379 e. The Morgan fingerprint density at radius 1 is 0.809 bits per heavy atom. The Morgan fingerprint density at radius 2 is 1.38 bits per heavy atom. The van der Waals surface area contributed by atoms with Crippen LogP contribution in [0.15, 0.2) is 60.7 Å². The van der Waals surface area contributed by atoms with Gasteiger partial charge in [0.05, 0.1) is 26.3 Å². The molecule has 3 aliphatic rings. The SMILES string of the molecule is O=CCNC(=O)[C@H](CCc1ccccc1)NC(=O)C1(NC(=O)[C@H](CCc2ccccc2)NC(=O)CN2CCOCC2)CC2(CCC2)C1. The Morgan fingerprint density at radius 3 is 1.91 bits per heavy atom. The van der Waals surface area contributed by atoms with Crippen LogP contribution in [0.5, 0.6) is 0 Å². The number of morpholine rings is 1. The molecule has 2 aromatic rings. The maximum atomic E-state index is 14.1. The zero-order chi connectivity index (χ0) is 33.1. The zero-order valence-corrected chi connectivity index (χ0v) is 27.0. The lowest BCUT2D eigenvalue weighted by Crippen LogP contribution is -2.73. The van der Waals surface area contributed by atoms with Crippen LogP contribution in [-0.2, 0) is 41.6 Å². The van der Waals surface area contributed by atoms with E-state index in [0.717, 1.165) is 30.4 Å². The number of nitrogens with zero attached hydrogens (tertiary/aromatic N) is 1. The third kappa shape index (κ3) is 9.26. The van der Waals surface area contributed by atoms with Gasteiger partial charge < -0.3 is 30.8 Å². The number of rotatable bonds is 16. The molecular weight excluding hydrogens is 598 g/mol. The fourth-order valence-electron chi connectivity index (χ4n) is 7.10. The van der Waals surface area contributed by atoms with Crippen LogP contribution in [0.3, 0.4) is 0 Å². The second-order valence-corrected chi connectivity index (χ2v) is 13.3. The molecule has 5 rings (SSSR count). The number of carbonyl (C=O) groups excluding carboxylic acids is 5. The summed E-state index contributed by atoms with van der Waals surface area (Å²) >= 11 is 0. The maximum Gasteiger partial charge on any atom is 0.246 e. The lowest BCUT2D eigenvalue weighted by atomic mass is 9.48. The van der Waals surface area contributed by atoms with Gasteiger partial charge in [0.1, 0.15) is 23.9 Å². The number of aryl methyl sites for hydroxylation is 2. The van der Waals surface area contributed by atoms with E-state index in [1.165, 1.54) is 0 Å². The molecule has 3 fully saturated rings. The number of carbonyl (C=O) groups is 5. The summed E-state index contributed by atoms with van der Waals surface area (Å²) in [5.74, 6) is -1.52. The van der Waals surface area contributed by atoms with Crippen molar-refractivity contribution >= 4 is 29.9 Å². The highest BCUT2D eigenvalue weighted by atomic mass is 16.5. The number of ether oxygens (including phenoxy) is 1. The molecule has 252 valence electrons. The topological polar surface area (TPSA) is 146 Å². The Hall–Kier alpha value is -4.09. The first-order valence-electron chi connectivity index (χ1n) is 16.8. The number of amides is 4. The Bertz CT molecular complexity index is 1370. The lowest BCUT2D eigenvalue weighted by Gasteiger charge is -2.60. The van der Waals surface area contributed by atoms with Gasteiger partial charge in [0.15, 0.2) is 0 Å². The maximum absolute atomic E-state index is 14.1. The van der Waals surface area contributed by atoms with Crippen molar-refractivity contribution in [2.45, 2.75) is 75.4 Å². The molecule has 4 N–H and O–H groups in total. The van der Waals surface area contributed by atoms with Crippen LogP contribution in [0.2, 0.25) is 0 Å². The highest BCUT2D eigenvalue weighted by Crippen LogP contribution is 2.60. The molecule has 11 nitrogen and oxygen atoms in total. The molecule has 0 aromatic heterocycles. The van der Waals surface area contributed by atoms with Crippen LogP contribution in [-0.4, -0.2) is 91.8 Å². The van der Waals surface area contributed by atoms with Crippen molar-refractivity contribution in [3.8, 4) is 0 Å². The Balaban J connectivity index is 1.30. The van der Waals surface area contributed by atoms with E-state index >= 15 is 0 Å². The highest BCUT2D eigenvalue weighted by Gasteiger charge is 2.62. The van der Waals surface area contributed by atoms with Crippen molar-refractivity contribution in [3.05, 3.63) is 71.8 Å². The summed E-state index contributed by atoms with van der Waals surface area (Å²) < 4.78 is 5.40. The van der Waals surface area contributed by atoms with Crippen LogP contribution < -0.4 is 21.3 Å². The van der Waals surface area contributed by atoms with Gasteiger partial charge >= 0.3 is 0 Å². The summed E-state index contributed by atoms with van der Waals surface area (Å²) in [7, 11) is 0. The molecule has 0 bridgehead atoms. The minimum atomic E-state index is -1.20. The molecular formula is C36H47N5O6. The molecule has 1 saturated heterocycles. The van der Waals surface area contributed by atoms with Gasteiger partial charge in [-0.2, -0.15) is 0 Å². The van der Waals surface area contributed by atoms with Crippen LogP contribution >= 0.6 is 0 Å². The fourth-order valence-corrected chi connectivity index (χ4v) is 7.10. The number of benzene rings is 2. The molecule has 1 aliphatic heterocycles. The van der Waals surface area contributed by atoms with Crippen molar-refractivity contribution in [1.29, 1.82) is 0 Å².